The minimum atomic E-state index is -3.98. The van der Waals surface area contributed by atoms with Gasteiger partial charge in [0.25, 0.3) is 0 Å². The van der Waals surface area contributed by atoms with Crippen LogP contribution in [0.2, 0.25) is 5.02 Å². The van der Waals surface area contributed by atoms with Gasteiger partial charge in [0.15, 0.2) is 0 Å². The summed E-state index contributed by atoms with van der Waals surface area (Å²) in [6, 6.07) is 8.46. The van der Waals surface area contributed by atoms with Crippen molar-refractivity contribution in [3.63, 3.8) is 0 Å². The number of sulfonamides is 1. The van der Waals surface area contributed by atoms with Crippen molar-refractivity contribution < 1.29 is 22.7 Å². The van der Waals surface area contributed by atoms with Crippen LogP contribution in [0, 0.1) is 6.92 Å². The molecule has 7 nitrogen and oxygen atoms in total. The molecular weight excluding hydrogens is 392 g/mol. The minimum Gasteiger partial charge on any atom is -0.495 e. The molecule has 0 spiro atoms. The zero-order valence-corrected chi connectivity index (χ0v) is 16.9. The normalized spacial score (nSPS) is 12.3. The van der Waals surface area contributed by atoms with E-state index in [1.54, 1.807) is 31.2 Å². The molecule has 0 bridgehead atoms. The topological polar surface area (TPSA) is 93.7 Å². The highest BCUT2D eigenvalue weighted by Gasteiger charge is 2.25. The molecule has 2 aromatic carbocycles. The van der Waals surface area contributed by atoms with E-state index in [9.17, 15) is 13.2 Å². The summed E-state index contributed by atoms with van der Waals surface area (Å²) in [6.07, 6.45) is 0. The average Bonchev–Trinajstić information content (AvgIpc) is 2.61. The van der Waals surface area contributed by atoms with E-state index in [4.69, 9.17) is 21.1 Å². The molecule has 1 atom stereocenters. The Bertz CT molecular complexity index is 947. The van der Waals surface area contributed by atoms with Gasteiger partial charge in [0.1, 0.15) is 16.4 Å². The second kappa shape index (κ2) is 8.60. The molecule has 146 valence electrons. The van der Waals surface area contributed by atoms with E-state index in [2.05, 4.69) is 10.0 Å². The van der Waals surface area contributed by atoms with E-state index in [0.29, 0.717) is 16.5 Å². The Kier molecular flexibility index (Phi) is 6.69. The maximum atomic E-state index is 12.7. The molecule has 2 aromatic rings. The van der Waals surface area contributed by atoms with E-state index in [1.807, 2.05) is 0 Å². The molecule has 9 heteroatoms. The van der Waals surface area contributed by atoms with Crippen LogP contribution in [-0.4, -0.2) is 34.6 Å². The van der Waals surface area contributed by atoms with Gasteiger partial charge in [0.05, 0.1) is 25.9 Å². The number of anilines is 1. The fourth-order valence-electron chi connectivity index (χ4n) is 2.36. The molecule has 2 N–H and O–H groups in total. The van der Waals surface area contributed by atoms with Crippen molar-refractivity contribution in [1.82, 2.24) is 4.72 Å². The van der Waals surface area contributed by atoms with Gasteiger partial charge < -0.3 is 14.8 Å². The Hall–Kier alpha value is -2.29. The third kappa shape index (κ3) is 5.12. The predicted molar refractivity (Wildman–Crippen MR) is 104 cm³/mol. The van der Waals surface area contributed by atoms with Crippen LogP contribution >= 0.6 is 11.6 Å². The summed E-state index contributed by atoms with van der Waals surface area (Å²) in [5, 5.41) is 3.02. The standard InChI is InChI=1S/C18H21ClN2O5S/c1-11-5-7-16(26-4)17(9-11)27(23,24)21-12(2)18(22)20-14-10-13(19)6-8-15(14)25-3/h5-10,12,21H,1-4H3,(H,20,22)/t12-/m1/s1. The molecule has 0 saturated heterocycles. The molecule has 2 rings (SSSR count). The Morgan fingerprint density at radius 2 is 1.70 bits per heavy atom. The lowest BCUT2D eigenvalue weighted by Crippen LogP contribution is -2.41. The van der Waals surface area contributed by atoms with Crippen molar-refractivity contribution >= 4 is 33.2 Å². The number of hydrogen-bond acceptors (Lipinski definition) is 5. The second-order valence-corrected chi connectivity index (χ2v) is 7.95. The first-order chi connectivity index (χ1) is 12.7. The van der Waals surface area contributed by atoms with E-state index >= 15 is 0 Å². The number of aryl methyl sites for hydroxylation is 1. The zero-order chi connectivity index (χ0) is 20.2. The van der Waals surface area contributed by atoms with Crippen molar-refractivity contribution in [2.24, 2.45) is 0 Å². The molecule has 1 amide bonds. The van der Waals surface area contributed by atoms with Gasteiger partial charge in [0, 0.05) is 5.02 Å². The first-order valence-electron chi connectivity index (χ1n) is 7.99. The van der Waals surface area contributed by atoms with Crippen LogP contribution in [0.3, 0.4) is 0 Å². The lowest BCUT2D eigenvalue weighted by molar-refractivity contribution is -0.117. The van der Waals surface area contributed by atoms with Gasteiger partial charge >= 0.3 is 0 Å². The third-order valence-corrected chi connectivity index (χ3v) is 5.55. The predicted octanol–water partition coefficient (Wildman–Crippen LogP) is 2.97. The zero-order valence-electron chi connectivity index (χ0n) is 15.4. The number of carbonyl (C=O) groups is 1. The van der Waals surface area contributed by atoms with Crippen molar-refractivity contribution in [2.75, 3.05) is 19.5 Å². The summed E-state index contributed by atoms with van der Waals surface area (Å²) in [5.41, 5.74) is 1.09. The van der Waals surface area contributed by atoms with Crippen molar-refractivity contribution in [2.45, 2.75) is 24.8 Å². The molecule has 0 aliphatic rings. The maximum absolute atomic E-state index is 12.7. The SMILES string of the molecule is COc1ccc(Cl)cc1NC(=O)[C@@H](C)NS(=O)(=O)c1cc(C)ccc1OC. The fraction of sp³-hybridized carbons (Fsp3) is 0.278. The van der Waals surface area contributed by atoms with Gasteiger partial charge in [-0.15, -0.1) is 0 Å². The number of rotatable bonds is 7. The van der Waals surface area contributed by atoms with Crippen LogP contribution in [0.1, 0.15) is 12.5 Å². The van der Waals surface area contributed by atoms with Gasteiger partial charge in [-0.05, 0) is 49.7 Å². The Morgan fingerprint density at radius 3 is 2.33 bits per heavy atom. The van der Waals surface area contributed by atoms with Gasteiger partial charge in [-0.25, -0.2) is 8.42 Å². The molecule has 0 unspecified atom stereocenters. The number of benzene rings is 2. The highest BCUT2D eigenvalue weighted by atomic mass is 35.5. The number of carbonyl (C=O) groups excluding carboxylic acids is 1. The number of nitrogens with one attached hydrogen (secondary N) is 2. The van der Waals surface area contributed by atoms with Crippen LogP contribution in [0.5, 0.6) is 11.5 Å². The van der Waals surface area contributed by atoms with Crippen molar-refractivity contribution in [1.29, 1.82) is 0 Å². The molecule has 0 aromatic heterocycles. The number of halogens is 1. The molecule has 0 saturated carbocycles. The highest BCUT2D eigenvalue weighted by Crippen LogP contribution is 2.28. The largest absolute Gasteiger partial charge is 0.495 e. The van der Waals surface area contributed by atoms with E-state index in [1.165, 1.54) is 33.3 Å². The van der Waals surface area contributed by atoms with Gasteiger partial charge in [-0.2, -0.15) is 4.72 Å². The first-order valence-corrected chi connectivity index (χ1v) is 9.85. The molecule has 0 aliphatic heterocycles. The van der Waals surface area contributed by atoms with E-state index < -0.39 is 22.0 Å². The Balaban J connectivity index is 2.21. The number of hydrogen-bond donors (Lipinski definition) is 2. The van der Waals surface area contributed by atoms with E-state index in [-0.39, 0.29) is 10.6 Å². The summed E-state index contributed by atoms with van der Waals surface area (Å²) >= 11 is 5.94. The molecule has 27 heavy (non-hydrogen) atoms. The Morgan fingerprint density at radius 1 is 1.07 bits per heavy atom. The monoisotopic (exact) mass is 412 g/mol. The summed E-state index contributed by atoms with van der Waals surface area (Å²) in [5.74, 6) is 0.0335. The summed E-state index contributed by atoms with van der Waals surface area (Å²) in [7, 11) is -1.15. The quantitative estimate of drug-likeness (QED) is 0.729. The van der Waals surface area contributed by atoms with Crippen LogP contribution in [0.25, 0.3) is 0 Å². The van der Waals surface area contributed by atoms with Gasteiger partial charge in [-0.1, -0.05) is 17.7 Å². The summed E-state index contributed by atoms with van der Waals surface area (Å²) in [4.78, 5) is 12.4. The molecule has 0 aliphatic carbocycles. The maximum Gasteiger partial charge on any atom is 0.244 e. The number of amides is 1. The van der Waals surface area contributed by atoms with Gasteiger partial charge in [-0.3, -0.25) is 4.79 Å². The first kappa shape index (κ1) is 21.0. The van der Waals surface area contributed by atoms with Crippen molar-refractivity contribution in [3.8, 4) is 11.5 Å². The number of methoxy groups -OCH3 is 2. The molecule has 0 radical (unpaired) electrons. The summed E-state index contributed by atoms with van der Waals surface area (Å²) in [6.45, 7) is 3.20. The van der Waals surface area contributed by atoms with Crippen LogP contribution < -0.4 is 19.5 Å². The lowest BCUT2D eigenvalue weighted by atomic mass is 10.2. The third-order valence-electron chi connectivity index (χ3n) is 3.75. The summed E-state index contributed by atoms with van der Waals surface area (Å²) < 4.78 is 38.0. The smallest absolute Gasteiger partial charge is 0.244 e. The average molecular weight is 413 g/mol. The van der Waals surface area contributed by atoms with Crippen LogP contribution in [-0.2, 0) is 14.8 Å². The van der Waals surface area contributed by atoms with Gasteiger partial charge in [0.2, 0.25) is 15.9 Å². The van der Waals surface area contributed by atoms with E-state index in [0.717, 1.165) is 5.56 Å². The fourth-order valence-corrected chi connectivity index (χ4v) is 3.99. The highest BCUT2D eigenvalue weighted by molar-refractivity contribution is 7.89. The molecule has 0 heterocycles. The van der Waals surface area contributed by atoms with Crippen molar-refractivity contribution in [3.05, 3.63) is 47.0 Å². The second-order valence-electron chi connectivity index (χ2n) is 5.83. The van der Waals surface area contributed by atoms with Crippen LogP contribution in [0.4, 0.5) is 5.69 Å². The molecular formula is C18H21ClN2O5S. The van der Waals surface area contributed by atoms with Crippen LogP contribution in [0.15, 0.2) is 41.3 Å². The Labute approximate surface area is 163 Å². The molecule has 0 fully saturated rings. The number of ether oxygens (including phenoxy) is 2. The minimum absolute atomic E-state index is 0.0370. The lowest BCUT2D eigenvalue weighted by Gasteiger charge is -2.17.